The van der Waals surface area contributed by atoms with E-state index in [1.807, 2.05) is 13.0 Å². The highest BCUT2D eigenvalue weighted by Gasteiger charge is 2.02. The first-order valence-corrected chi connectivity index (χ1v) is 5.57. The standard InChI is InChI=1S/C14H16N2/c1-10(2)12-4-6-13(7-5-12)14-8-9-15-11(3)16-14/h4-10H,1-3H3. The fraction of sp³-hybridized carbons (Fsp3) is 0.286. The monoisotopic (exact) mass is 212 g/mol. The van der Waals surface area contributed by atoms with Crippen LogP contribution in [0, 0.1) is 6.92 Å². The average molecular weight is 212 g/mol. The van der Waals surface area contributed by atoms with E-state index in [0.29, 0.717) is 5.92 Å². The smallest absolute Gasteiger partial charge is 0.125 e. The van der Waals surface area contributed by atoms with Gasteiger partial charge in [0.05, 0.1) is 5.69 Å². The summed E-state index contributed by atoms with van der Waals surface area (Å²) < 4.78 is 0. The molecule has 0 amide bonds. The molecule has 0 spiro atoms. The molecule has 0 aliphatic carbocycles. The van der Waals surface area contributed by atoms with Crippen molar-refractivity contribution in [2.75, 3.05) is 0 Å². The molecule has 1 heterocycles. The van der Waals surface area contributed by atoms with Gasteiger partial charge in [-0.15, -0.1) is 0 Å². The van der Waals surface area contributed by atoms with Crippen molar-refractivity contribution in [3.05, 3.63) is 47.9 Å². The highest BCUT2D eigenvalue weighted by atomic mass is 14.9. The number of hydrogen-bond donors (Lipinski definition) is 0. The van der Waals surface area contributed by atoms with Crippen LogP contribution in [0.2, 0.25) is 0 Å². The van der Waals surface area contributed by atoms with E-state index in [-0.39, 0.29) is 0 Å². The molecule has 82 valence electrons. The molecule has 0 bridgehead atoms. The molecule has 1 aromatic heterocycles. The molecule has 0 atom stereocenters. The van der Waals surface area contributed by atoms with Gasteiger partial charge in [0.2, 0.25) is 0 Å². The van der Waals surface area contributed by atoms with Gasteiger partial charge in [0.1, 0.15) is 5.82 Å². The zero-order chi connectivity index (χ0) is 11.5. The summed E-state index contributed by atoms with van der Waals surface area (Å²) in [4.78, 5) is 8.51. The zero-order valence-corrected chi connectivity index (χ0v) is 9.94. The van der Waals surface area contributed by atoms with E-state index in [1.165, 1.54) is 5.56 Å². The van der Waals surface area contributed by atoms with Crippen molar-refractivity contribution < 1.29 is 0 Å². The van der Waals surface area contributed by atoms with E-state index in [9.17, 15) is 0 Å². The largest absolute Gasteiger partial charge is 0.242 e. The van der Waals surface area contributed by atoms with E-state index in [4.69, 9.17) is 0 Å². The summed E-state index contributed by atoms with van der Waals surface area (Å²) in [7, 11) is 0. The number of rotatable bonds is 2. The third-order valence-electron chi connectivity index (χ3n) is 2.65. The van der Waals surface area contributed by atoms with Gasteiger partial charge in [0.15, 0.2) is 0 Å². The first-order valence-electron chi connectivity index (χ1n) is 5.57. The van der Waals surface area contributed by atoms with Crippen molar-refractivity contribution in [2.24, 2.45) is 0 Å². The molecule has 2 rings (SSSR count). The molecule has 2 nitrogen and oxygen atoms in total. The van der Waals surface area contributed by atoms with Crippen LogP contribution >= 0.6 is 0 Å². The van der Waals surface area contributed by atoms with Crippen LogP contribution in [0.4, 0.5) is 0 Å². The summed E-state index contributed by atoms with van der Waals surface area (Å²) in [5.41, 5.74) is 3.49. The quantitative estimate of drug-likeness (QED) is 0.760. The lowest BCUT2D eigenvalue weighted by Gasteiger charge is -2.06. The lowest BCUT2D eigenvalue weighted by atomic mass is 10.0. The summed E-state index contributed by atoms with van der Waals surface area (Å²) in [6.07, 6.45) is 1.80. The maximum atomic E-state index is 4.41. The van der Waals surface area contributed by atoms with Crippen LogP contribution in [0.5, 0.6) is 0 Å². The van der Waals surface area contributed by atoms with Gasteiger partial charge in [0, 0.05) is 11.8 Å². The minimum atomic E-state index is 0.571. The molecule has 0 unspecified atom stereocenters. The van der Waals surface area contributed by atoms with Crippen molar-refractivity contribution in [3.63, 3.8) is 0 Å². The van der Waals surface area contributed by atoms with Crippen LogP contribution < -0.4 is 0 Å². The molecule has 2 aromatic rings. The Kier molecular flexibility index (Phi) is 3.00. The topological polar surface area (TPSA) is 25.8 Å². The van der Waals surface area contributed by atoms with Gasteiger partial charge in [-0.2, -0.15) is 0 Å². The van der Waals surface area contributed by atoms with Crippen LogP contribution in [-0.4, -0.2) is 9.97 Å². The van der Waals surface area contributed by atoms with Crippen molar-refractivity contribution in [1.29, 1.82) is 0 Å². The molecule has 0 N–H and O–H groups in total. The predicted molar refractivity (Wildman–Crippen MR) is 66.3 cm³/mol. The predicted octanol–water partition coefficient (Wildman–Crippen LogP) is 3.58. The molecule has 16 heavy (non-hydrogen) atoms. The molecule has 0 saturated carbocycles. The van der Waals surface area contributed by atoms with E-state index in [2.05, 4.69) is 48.1 Å². The molecule has 0 aliphatic heterocycles. The highest BCUT2D eigenvalue weighted by molar-refractivity contribution is 5.59. The van der Waals surface area contributed by atoms with Crippen LogP contribution in [0.1, 0.15) is 31.2 Å². The van der Waals surface area contributed by atoms with Crippen molar-refractivity contribution in [1.82, 2.24) is 9.97 Å². The molecule has 0 fully saturated rings. The fourth-order valence-corrected chi connectivity index (χ4v) is 1.66. The maximum Gasteiger partial charge on any atom is 0.125 e. The molecule has 2 heteroatoms. The van der Waals surface area contributed by atoms with E-state index in [1.54, 1.807) is 6.20 Å². The summed E-state index contributed by atoms with van der Waals surface area (Å²) in [5.74, 6) is 1.38. The summed E-state index contributed by atoms with van der Waals surface area (Å²) in [6.45, 7) is 6.31. The molecule has 0 radical (unpaired) electrons. The van der Waals surface area contributed by atoms with Crippen molar-refractivity contribution in [3.8, 4) is 11.3 Å². The molecular formula is C14H16N2. The maximum absolute atomic E-state index is 4.41. The minimum Gasteiger partial charge on any atom is -0.242 e. The lowest BCUT2D eigenvalue weighted by molar-refractivity contribution is 0.867. The third kappa shape index (κ3) is 2.27. The number of nitrogens with zero attached hydrogens (tertiary/aromatic N) is 2. The van der Waals surface area contributed by atoms with Gasteiger partial charge in [-0.05, 0) is 24.5 Å². The Labute approximate surface area is 96.4 Å². The van der Waals surface area contributed by atoms with E-state index < -0.39 is 0 Å². The Morgan fingerprint density at radius 3 is 2.25 bits per heavy atom. The Morgan fingerprint density at radius 2 is 1.69 bits per heavy atom. The normalized spacial score (nSPS) is 10.8. The van der Waals surface area contributed by atoms with Gasteiger partial charge in [-0.1, -0.05) is 38.1 Å². The van der Waals surface area contributed by atoms with Crippen molar-refractivity contribution >= 4 is 0 Å². The van der Waals surface area contributed by atoms with Gasteiger partial charge < -0.3 is 0 Å². The number of hydrogen-bond acceptors (Lipinski definition) is 2. The highest BCUT2D eigenvalue weighted by Crippen LogP contribution is 2.20. The SMILES string of the molecule is Cc1nccc(-c2ccc(C(C)C)cc2)n1. The van der Waals surface area contributed by atoms with Gasteiger partial charge >= 0.3 is 0 Å². The van der Waals surface area contributed by atoms with Gasteiger partial charge in [0.25, 0.3) is 0 Å². The number of aromatic nitrogens is 2. The first kappa shape index (κ1) is 10.8. The Balaban J connectivity index is 2.35. The summed E-state index contributed by atoms with van der Waals surface area (Å²) in [6, 6.07) is 10.5. The minimum absolute atomic E-state index is 0.571. The number of aryl methyl sites for hydroxylation is 1. The van der Waals surface area contributed by atoms with Crippen LogP contribution in [0.25, 0.3) is 11.3 Å². The third-order valence-corrected chi connectivity index (χ3v) is 2.65. The van der Waals surface area contributed by atoms with Gasteiger partial charge in [-0.3, -0.25) is 0 Å². The van der Waals surface area contributed by atoms with Crippen molar-refractivity contribution in [2.45, 2.75) is 26.7 Å². The Hall–Kier alpha value is -1.70. The Morgan fingerprint density at radius 1 is 1.00 bits per heavy atom. The lowest BCUT2D eigenvalue weighted by Crippen LogP contribution is -1.91. The van der Waals surface area contributed by atoms with E-state index in [0.717, 1.165) is 17.1 Å². The second kappa shape index (κ2) is 4.44. The van der Waals surface area contributed by atoms with Crippen LogP contribution in [-0.2, 0) is 0 Å². The molecule has 0 saturated heterocycles. The Bertz CT molecular complexity index is 472. The molecule has 1 aromatic carbocycles. The van der Waals surface area contributed by atoms with Gasteiger partial charge in [-0.25, -0.2) is 9.97 Å². The summed E-state index contributed by atoms with van der Waals surface area (Å²) in [5, 5.41) is 0. The number of benzene rings is 1. The van der Waals surface area contributed by atoms with Crippen LogP contribution in [0.3, 0.4) is 0 Å². The van der Waals surface area contributed by atoms with E-state index >= 15 is 0 Å². The molecular weight excluding hydrogens is 196 g/mol. The second-order valence-corrected chi connectivity index (χ2v) is 4.27. The molecule has 0 aliphatic rings. The fourth-order valence-electron chi connectivity index (χ4n) is 1.66. The second-order valence-electron chi connectivity index (χ2n) is 4.27. The van der Waals surface area contributed by atoms with Crippen LogP contribution in [0.15, 0.2) is 36.5 Å². The average Bonchev–Trinajstić information content (AvgIpc) is 2.29. The zero-order valence-electron chi connectivity index (χ0n) is 9.94. The first-order chi connectivity index (χ1) is 7.66. The summed E-state index contributed by atoms with van der Waals surface area (Å²) >= 11 is 0.